The first-order chi connectivity index (χ1) is 15.5. The van der Waals surface area contributed by atoms with E-state index < -0.39 is 5.92 Å². The third-order valence-corrected chi connectivity index (χ3v) is 6.59. The van der Waals surface area contributed by atoms with Crippen LogP contribution in [0.4, 0.5) is 0 Å². The Kier molecular flexibility index (Phi) is 6.44. The van der Waals surface area contributed by atoms with Crippen molar-refractivity contribution < 1.29 is 28.5 Å². The molecule has 1 fully saturated rings. The SMILES string of the molecule is COc1cc(C2C(C(=O)OC3CCCC3)=C(C)NC3=C2C(=O)CCC3)cc(OC)c1OC. The lowest BCUT2D eigenvalue weighted by Crippen LogP contribution is -2.35. The molecule has 0 aromatic heterocycles. The van der Waals surface area contributed by atoms with Crippen LogP contribution in [0.2, 0.25) is 0 Å². The minimum Gasteiger partial charge on any atom is -0.493 e. The lowest BCUT2D eigenvalue weighted by molar-refractivity contribution is -0.144. The van der Waals surface area contributed by atoms with Gasteiger partial charge >= 0.3 is 5.97 Å². The first-order valence-corrected chi connectivity index (χ1v) is 11.2. The fourth-order valence-electron chi connectivity index (χ4n) is 5.08. The second-order valence-corrected chi connectivity index (χ2v) is 8.54. The highest BCUT2D eigenvalue weighted by Gasteiger charge is 2.40. The standard InChI is InChI=1S/C25H31NO6/c1-14-21(25(28)32-16-8-5-6-9-16)22(23-17(26-14)10-7-11-18(23)27)15-12-19(29-2)24(31-4)20(13-15)30-3/h12-13,16,22,26H,5-11H2,1-4H3. The zero-order valence-electron chi connectivity index (χ0n) is 19.2. The molecule has 7 nitrogen and oxygen atoms in total. The zero-order valence-corrected chi connectivity index (χ0v) is 19.2. The highest BCUT2D eigenvalue weighted by atomic mass is 16.5. The molecule has 0 spiro atoms. The number of hydrogen-bond donors (Lipinski definition) is 1. The molecule has 32 heavy (non-hydrogen) atoms. The highest BCUT2D eigenvalue weighted by Crippen LogP contribution is 2.47. The molecular weight excluding hydrogens is 410 g/mol. The minimum atomic E-state index is -0.554. The molecular formula is C25H31NO6. The lowest BCUT2D eigenvalue weighted by Gasteiger charge is -2.34. The quantitative estimate of drug-likeness (QED) is 0.664. The Hall–Kier alpha value is -2.96. The smallest absolute Gasteiger partial charge is 0.337 e. The number of carbonyl (C=O) groups is 2. The molecule has 0 amide bonds. The Morgan fingerprint density at radius 1 is 0.969 bits per heavy atom. The molecule has 0 radical (unpaired) electrons. The summed E-state index contributed by atoms with van der Waals surface area (Å²) in [5.41, 5.74) is 3.45. The monoisotopic (exact) mass is 441 g/mol. The Labute approximate surface area is 188 Å². The van der Waals surface area contributed by atoms with Crippen molar-refractivity contribution >= 4 is 11.8 Å². The number of Topliss-reactive ketones (excluding diaryl/α,β-unsaturated/α-hetero) is 1. The fraction of sp³-hybridized carbons (Fsp3) is 0.520. The summed E-state index contributed by atoms with van der Waals surface area (Å²) in [5.74, 6) is 0.551. The first-order valence-electron chi connectivity index (χ1n) is 11.2. The molecule has 0 saturated heterocycles. The van der Waals surface area contributed by atoms with Crippen molar-refractivity contribution in [2.24, 2.45) is 0 Å². The van der Waals surface area contributed by atoms with Crippen LogP contribution in [-0.2, 0) is 14.3 Å². The number of esters is 1. The number of rotatable bonds is 6. The van der Waals surface area contributed by atoms with E-state index in [1.54, 1.807) is 21.3 Å². The maximum atomic E-state index is 13.4. The summed E-state index contributed by atoms with van der Waals surface area (Å²) in [6.07, 6.45) is 5.86. The number of ketones is 1. The topological polar surface area (TPSA) is 83.1 Å². The number of dihydropyridines is 1. The molecule has 172 valence electrons. The van der Waals surface area contributed by atoms with Gasteiger partial charge in [-0.25, -0.2) is 4.79 Å². The van der Waals surface area contributed by atoms with E-state index in [1.165, 1.54) is 0 Å². The maximum Gasteiger partial charge on any atom is 0.337 e. The summed E-state index contributed by atoms with van der Waals surface area (Å²) in [5, 5.41) is 3.33. The van der Waals surface area contributed by atoms with Crippen molar-refractivity contribution in [3.05, 3.63) is 40.2 Å². The van der Waals surface area contributed by atoms with Gasteiger partial charge in [0.15, 0.2) is 17.3 Å². The van der Waals surface area contributed by atoms with E-state index in [1.807, 2.05) is 19.1 Å². The summed E-state index contributed by atoms with van der Waals surface area (Å²) in [6.45, 7) is 1.87. The van der Waals surface area contributed by atoms with Gasteiger partial charge < -0.3 is 24.3 Å². The molecule has 1 heterocycles. The second kappa shape index (κ2) is 9.27. The van der Waals surface area contributed by atoms with E-state index in [-0.39, 0.29) is 17.9 Å². The van der Waals surface area contributed by atoms with Crippen LogP contribution in [0.3, 0.4) is 0 Å². The number of benzene rings is 1. The van der Waals surface area contributed by atoms with Crippen LogP contribution in [0.5, 0.6) is 17.2 Å². The molecule has 7 heteroatoms. The van der Waals surface area contributed by atoms with Gasteiger partial charge in [-0.15, -0.1) is 0 Å². The van der Waals surface area contributed by atoms with Crippen LogP contribution in [0.1, 0.15) is 63.4 Å². The predicted octanol–water partition coefficient (Wildman–Crippen LogP) is 4.17. The van der Waals surface area contributed by atoms with Crippen LogP contribution < -0.4 is 19.5 Å². The van der Waals surface area contributed by atoms with E-state index in [9.17, 15) is 9.59 Å². The molecule has 1 N–H and O–H groups in total. The number of hydrogen-bond acceptors (Lipinski definition) is 7. The molecule has 4 rings (SSSR count). The Bertz CT molecular complexity index is 961. The Balaban J connectivity index is 1.85. The molecule has 1 aromatic carbocycles. The van der Waals surface area contributed by atoms with Crippen molar-refractivity contribution in [2.45, 2.75) is 63.9 Å². The summed E-state index contributed by atoms with van der Waals surface area (Å²) in [6, 6.07) is 3.64. The van der Waals surface area contributed by atoms with Crippen LogP contribution >= 0.6 is 0 Å². The molecule has 1 saturated carbocycles. The van der Waals surface area contributed by atoms with E-state index in [0.29, 0.717) is 34.8 Å². The summed E-state index contributed by atoms with van der Waals surface area (Å²) in [4.78, 5) is 26.5. The number of carbonyl (C=O) groups excluding carboxylic acids is 2. The van der Waals surface area contributed by atoms with E-state index in [4.69, 9.17) is 18.9 Å². The molecule has 2 aliphatic carbocycles. The number of methoxy groups -OCH3 is 3. The van der Waals surface area contributed by atoms with Gasteiger partial charge in [0.2, 0.25) is 5.75 Å². The molecule has 3 aliphatic rings. The van der Waals surface area contributed by atoms with Crippen molar-refractivity contribution in [3.8, 4) is 17.2 Å². The average molecular weight is 442 g/mol. The van der Waals surface area contributed by atoms with Gasteiger partial charge in [-0.05, 0) is 63.1 Å². The third-order valence-electron chi connectivity index (χ3n) is 6.59. The molecule has 1 atom stereocenters. The van der Waals surface area contributed by atoms with E-state index in [0.717, 1.165) is 55.5 Å². The Morgan fingerprint density at radius 3 is 2.22 bits per heavy atom. The average Bonchev–Trinajstić information content (AvgIpc) is 3.30. The molecule has 0 bridgehead atoms. The predicted molar refractivity (Wildman–Crippen MR) is 119 cm³/mol. The zero-order chi connectivity index (χ0) is 22.8. The first kappa shape index (κ1) is 22.2. The second-order valence-electron chi connectivity index (χ2n) is 8.54. The maximum absolute atomic E-state index is 13.4. The fourth-order valence-corrected chi connectivity index (χ4v) is 5.08. The van der Waals surface area contributed by atoms with Gasteiger partial charge in [-0.3, -0.25) is 4.79 Å². The van der Waals surface area contributed by atoms with Crippen LogP contribution in [0, 0.1) is 0 Å². The number of allylic oxidation sites excluding steroid dienone is 3. The number of nitrogens with one attached hydrogen (secondary N) is 1. The van der Waals surface area contributed by atoms with E-state index >= 15 is 0 Å². The summed E-state index contributed by atoms with van der Waals surface area (Å²) < 4.78 is 22.5. The van der Waals surface area contributed by atoms with Crippen molar-refractivity contribution in [1.82, 2.24) is 5.32 Å². The molecule has 1 aromatic rings. The van der Waals surface area contributed by atoms with Gasteiger partial charge in [0.05, 0.1) is 26.9 Å². The normalized spacial score (nSPS) is 21.2. The van der Waals surface area contributed by atoms with E-state index in [2.05, 4.69) is 5.32 Å². The van der Waals surface area contributed by atoms with Crippen LogP contribution in [0.25, 0.3) is 0 Å². The highest BCUT2D eigenvalue weighted by molar-refractivity contribution is 6.03. The van der Waals surface area contributed by atoms with Crippen LogP contribution in [0.15, 0.2) is 34.7 Å². The van der Waals surface area contributed by atoms with Gasteiger partial charge in [-0.2, -0.15) is 0 Å². The van der Waals surface area contributed by atoms with Crippen molar-refractivity contribution in [3.63, 3.8) is 0 Å². The van der Waals surface area contributed by atoms with Crippen molar-refractivity contribution in [1.29, 1.82) is 0 Å². The van der Waals surface area contributed by atoms with Crippen LogP contribution in [-0.4, -0.2) is 39.2 Å². The Morgan fingerprint density at radius 2 is 1.62 bits per heavy atom. The molecule has 1 aliphatic heterocycles. The summed E-state index contributed by atoms with van der Waals surface area (Å²) in [7, 11) is 4.65. The van der Waals surface area contributed by atoms with Gasteiger partial charge in [0.25, 0.3) is 0 Å². The van der Waals surface area contributed by atoms with Gasteiger partial charge in [0.1, 0.15) is 6.10 Å². The van der Waals surface area contributed by atoms with Crippen molar-refractivity contribution in [2.75, 3.05) is 21.3 Å². The third kappa shape index (κ3) is 3.96. The minimum absolute atomic E-state index is 0.0520. The van der Waals surface area contributed by atoms with Gasteiger partial charge in [0, 0.05) is 29.3 Å². The largest absolute Gasteiger partial charge is 0.493 e. The van der Waals surface area contributed by atoms with Gasteiger partial charge in [-0.1, -0.05) is 0 Å². The summed E-state index contributed by atoms with van der Waals surface area (Å²) >= 11 is 0. The molecule has 1 unspecified atom stereocenters. The number of ether oxygens (including phenoxy) is 4. The lowest BCUT2D eigenvalue weighted by atomic mass is 9.75.